The molecule has 3 heterocycles. The molecular formula is C19H17FN4O. The molecule has 126 valence electrons. The molecule has 0 saturated heterocycles. The lowest BCUT2D eigenvalue weighted by Crippen LogP contribution is -1.91. The third-order valence-electron chi connectivity index (χ3n) is 4.21. The van der Waals surface area contributed by atoms with Crippen molar-refractivity contribution in [1.29, 1.82) is 0 Å². The number of hydrogen-bond acceptors (Lipinski definition) is 4. The van der Waals surface area contributed by atoms with E-state index in [1.807, 2.05) is 48.8 Å². The van der Waals surface area contributed by atoms with Gasteiger partial charge in [-0.15, -0.1) is 0 Å². The van der Waals surface area contributed by atoms with Crippen LogP contribution in [0, 0.1) is 12.7 Å². The van der Waals surface area contributed by atoms with Crippen molar-refractivity contribution in [2.24, 2.45) is 0 Å². The molecule has 0 spiro atoms. The van der Waals surface area contributed by atoms with Crippen LogP contribution in [-0.4, -0.2) is 19.5 Å². The molecule has 0 saturated carbocycles. The molecule has 4 aromatic rings. The molecule has 6 heteroatoms. The van der Waals surface area contributed by atoms with Gasteiger partial charge in [-0.1, -0.05) is 24.2 Å². The van der Waals surface area contributed by atoms with Crippen LogP contribution in [0.15, 0.2) is 47.2 Å². The van der Waals surface area contributed by atoms with Gasteiger partial charge in [-0.3, -0.25) is 0 Å². The van der Waals surface area contributed by atoms with Crippen LogP contribution < -0.4 is 0 Å². The molecule has 25 heavy (non-hydrogen) atoms. The summed E-state index contributed by atoms with van der Waals surface area (Å²) in [5.41, 5.74) is 4.10. The Hall–Kier alpha value is -3.02. The summed E-state index contributed by atoms with van der Waals surface area (Å²) >= 11 is 0. The molecule has 5 nitrogen and oxygen atoms in total. The summed E-state index contributed by atoms with van der Waals surface area (Å²) in [5.74, 6) is 0.333. The van der Waals surface area contributed by atoms with E-state index >= 15 is 0 Å². The number of hydrogen-bond donors (Lipinski definition) is 0. The van der Waals surface area contributed by atoms with Crippen LogP contribution in [0.4, 0.5) is 4.39 Å². The number of imidazole rings is 1. The van der Waals surface area contributed by atoms with Gasteiger partial charge in [0.05, 0.1) is 17.7 Å². The molecule has 0 aliphatic carbocycles. The smallest absolute Gasteiger partial charge is 0.233 e. The van der Waals surface area contributed by atoms with E-state index in [2.05, 4.69) is 15.1 Å². The predicted octanol–water partition coefficient (Wildman–Crippen LogP) is 3.99. The summed E-state index contributed by atoms with van der Waals surface area (Å²) < 4.78 is 21.5. The van der Waals surface area contributed by atoms with Gasteiger partial charge in [-0.2, -0.15) is 4.98 Å². The fourth-order valence-electron chi connectivity index (χ4n) is 2.84. The molecule has 0 atom stereocenters. The molecule has 0 unspecified atom stereocenters. The van der Waals surface area contributed by atoms with Crippen molar-refractivity contribution in [2.45, 2.75) is 26.7 Å². The van der Waals surface area contributed by atoms with Crippen molar-refractivity contribution < 1.29 is 8.91 Å². The normalized spacial score (nSPS) is 11.3. The van der Waals surface area contributed by atoms with E-state index in [0.29, 0.717) is 17.9 Å². The van der Waals surface area contributed by atoms with E-state index in [4.69, 9.17) is 4.52 Å². The van der Waals surface area contributed by atoms with E-state index in [1.165, 1.54) is 6.07 Å². The van der Waals surface area contributed by atoms with Crippen LogP contribution in [0.5, 0.6) is 0 Å². The van der Waals surface area contributed by atoms with Crippen LogP contribution in [0.1, 0.15) is 29.6 Å². The highest BCUT2D eigenvalue weighted by molar-refractivity contribution is 5.56. The lowest BCUT2D eigenvalue weighted by Gasteiger charge is -2.00. The minimum absolute atomic E-state index is 0.259. The number of aromatic nitrogens is 4. The minimum Gasteiger partial charge on any atom is -0.339 e. The number of aryl methyl sites for hydroxylation is 2. The maximum absolute atomic E-state index is 14.2. The maximum atomic E-state index is 14.2. The van der Waals surface area contributed by atoms with E-state index in [-0.39, 0.29) is 11.6 Å². The lowest BCUT2D eigenvalue weighted by atomic mass is 10.1. The molecule has 0 fully saturated rings. The average molecular weight is 336 g/mol. The highest BCUT2D eigenvalue weighted by Crippen LogP contribution is 2.22. The topological polar surface area (TPSA) is 56.2 Å². The van der Waals surface area contributed by atoms with Gasteiger partial charge in [-0.25, -0.2) is 9.37 Å². The summed E-state index contributed by atoms with van der Waals surface area (Å²) in [6, 6.07) is 9.06. The van der Waals surface area contributed by atoms with Crippen molar-refractivity contribution in [3.8, 4) is 11.4 Å². The second-order valence-corrected chi connectivity index (χ2v) is 6.01. The Kier molecular flexibility index (Phi) is 3.80. The fraction of sp³-hybridized carbons (Fsp3) is 0.211. The van der Waals surface area contributed by atoms with Crippen LogP contribution in [0.25, 0.3) is 17.0 Å². The largest absolute Gasteiger partial charge is 0.339 e. The van der Waals surface area contributed by atoms with E-state index < -0.39 is 0 Å². The number of rotatable bonds is 4. The van der Waals surface area contributed by atoms with Crippen LogP contribution >= 0.6 is 0 Å². The number of halogens is 1. The molecule has 4 rings (SSSR count). The Labute approximate surface area is 144 Å². The number of pyridine rings is 1. The van der Waals surface area contributed by atoms with Gasteiger partial charge in [0, 0.05) is 12.4 Å². The zero-order valence-electron chi connectivity index (χ0n) is 14.0. The Morgan fingerprint density at radius 1 is 1.20 bits per heavy atom. The lowest BCUT2D eigenvalue weighted by molar-refractivity contribution is 0.385. The monoisotopic (exact) mass is 336 g/mol. The third kappa shape index (κ3) is 2.91. The summed E-state index contributed by atoms with van der Waals surface area (Å²) in [5, 5.41) is 3.91. The molecule has 0 radical (unpaired) electrons. The Bertz CT molecular complexity index is 1050. The van der Waals surface area contributed by atoms with Crippen molar-refractivity contribution in [3.05, 3.63) is 71.3 Å². The number of nitrogens with zero attached hydrogens (tertiary/aromatic N) is 4. The van der Waals surface area contributed by atoms with Crippen molar-refractivity contribution in [2.75, 3.05) is 0 Å². The third-order valence-corrected chi connectivity index (χ3v) is 4.21. The Morgan fingerprint density at radius 3 is 2.84 bits per heavy atom. The molecule has 3 aromatic heterocycles. The second-order valence-electron chi connectivity index (χ2n) is 6.01. The first-order chi connectivity index (χ1) is 12.1. The molecule has 0 amide bonds. The van der Waals surface area contributed by atoms with Crippen LogP contribution in [-0.2, 0) is 12.8 Å². The summed E-state index contributed by atoms with van der Waals surface area (Å²) in [6.45, 7) is 4.00. The van der Waals surface area contributed by atoms with Gasteiger partial charge < -0.3 is 8.92 Å². The minimum atomic E-state index is -0.338. The van der Waals surface area contributed by atoms with Gasteiger partial charge >= 0.3 is 0 Å². The van der Waals surface area contributed by atoms with Crippen molar-refractivity contribution >= 4 is 5.65 Å². The Morgan fingerprint density at radius 2 is 2.08 bits per heavy atom. The molecule has 0 N–H and O–H groups in total. The van der Waals surface area contributed by atoms with Gasteiger partial charge in [0.1, 0.15) is 11.5 Å². The summed E-state index contributed by atoms with van der Waals surface area (Å²) in [6.07, 6.45) is 5.07. The fourth-order valence-corrected chi connectivity index (χ4v) is 2.84. The van der Waals surface area contributed by atoms with E-state index in [1.54, 1.807) is 6.07 Å². The van der Waals surface area contributed by atoms with Crippen molar-refractivity contribution in [1.82, 2.24) is 19.5 Å². The summed E-state index contributed by atoms with van der Waals surface area (Å²) in [4.78, 5) is 8.91. The standard InChI is InChI=1S/C19H17FN4O/c1-3-13-6-7-15(16(20)9-13)18-22-17(25-23-18)10-14-11-24-8-4-5-12(2)19(24)21-14/h4-9,11H,3,10H2,1-2H3. The second kappa shape index (κ2) is 6.12. The molecule has 0 bridgehead atoms. The predicted molar refractivity (Wildman–Crippen MR) is 91.8 cm³/mol. The quantitative estimate of drug-likeness (QED) is 0.565. The zero-order chi connectivity index (χ0) is 17.4. The van der Waals surface area contributed by atoms with Gasteiger partial charge in [0.25, 0.3) is 0 Å². The molecule has 0 aliphatic rings. The van der Waals surface area contributed by atoms with Crippen LogP contribution in [0.3, 0.4) is 0 Å². The van der Waals surface area contributed by atoms with Crippen molar-refractivity contribution in [3.63, 3.8) is 0 Å². The molecule has 0 aliphatic heterocycles. The van der Waals surface area contributed by atoms with Gasteiger partial charge in [0.2, 0.25) is 11.7 Å². The highest BCUT2D eigenvalue weighted by Gasteiger charge is 2.15. The van der Waals surface area contributed by atoms with Gasteiger partial charge in [-0.05, 0) is 42.7 Å². The number of benzene rings is 1. The maximum Gasteiger partial charge on any atom is 0.233 e. The first kappa shape index (κ1) is 15.5. The number of fused-ring (bicyclic) bond motifs is 1. The van der Waals surface area contributed by atoms with E-state index in [0.717, 1.165) is 28.9 Å². The SMILES string of the molecule is CCc1ccc(-c2noc(Cc3cn4cccc(C)c4n3)n2)c(F)c1. The molecule has 1 aromatic carbocycles. The van der Waals surface area contributed by atoms with E-state index in [9.17, 15) is 4.39 Å². The average Bonchev–Trinajstić information content (AvgIpc) is 3.22. The first-order valence-electron chi connectivity index (χ1n) is 8.18. The summed E-state index contributed by atoms with van der Waals surface area (Å²) in [7, 11) is 0. The highest BCUT2D eigenvalue weighted by atomic mass is 19.1. The molecular weight excluding hydrogens is 319 g/mol. The van der Waals surface area contributed by atoms with Gasteiger partial charge in [0.15, 0.2) is 0 Å². The van der Waals surface area contributed by atoms with Crippen LogP contribution in [0.2, 0.25) is 0 Å². The zero-order valence-corrected chi connectivity index (χ0v) is 14.0. The Balaban J connectivity index is 1.61. The first-order valence-corrected chi connectivity index (χ1v) is 8.18.